The van der Waals surface area contributed by atoms with E-state index in [9.17, 15) is 13.2 Å². The van der Waals surface area contributed by atoms with Crippen LogP contribution in [-0.2, 0) is 10.1 Å². The van der Waals surface area contributed by atoms with E-state index >= 15 is 0 Å². The predicted octanol–water partition coefficient (Wildman–Crippen LogP) is 2.47. The number of hydrogen-bond donors (Lipinski definition) is 0. The third kappa shape index (κ3) is 6.21. The third-order valence-electron chi connectivity index (χ3n) is 2.68. The van der Waals surface area contributed by atoms with Gasteiger partial charge in [-0.05, 0) is 0 Å². The number of alkyl halides is 3. The molecule has 0 fully saturated rings. The molecule has 2 rings (SSSR count). The largest absolute Gasteiger partial charge is 0.741 e. The van der Waals surface area contributed by atoms with Gasteiger partial charge in [0.25, 0.3) is 0 Å². The Kier molecular flexibility index (Phi) is 6.47. The van der Waals surface area contributed by atoms with Crippen molar-refractivity contribution in [2.75, 3.05) is 7.05 Å². The van der Waals surface area contributed by atoms with E-state index in [0.717, 1.165) is 0 Å². The van der Waals surface area contributed by atoms with E-state index in [1.165, 1.54) is 11.0 Å². The lowest BCUT2D eigenvalue weighted by atomic mass is 10.3. The molecule has 0 aromatic heterocycles. The van der Waals surface area contributed by atoms with Crippen LogP contribution in [0.4, 0.5) is 18.9 Å². The molecule has 0 saturated heterocycles. The van der Waals surface area contributed by atoms with E-state index in [1.54, 1.807) is 0 Å². The molecule has 0 spiro atoms. The average Bonchev–Trinajstić information content (AvgIpc) is 2.75. The molecule has 2 aromatic rings. The van der Waals surface area contributed by atoms with Crippen molar-refractivity contribution in [3.63, 3.8) is 0 Å². The summed E-state index contributed by atoms with van der Waals surface area (Å²) in [6, 6.07) is 22.7. The topological polar surface area (TPSA) is 60.2 Å². The number of para-hydroxylation sites is 1. The Labute approximate surface area is 131 Å². The highest BCUT2D eigenvalue weighted by molar-refractivity contribution is 7.86. The van der Waals surface area contributed by atoms with E-state index in [4.69, 9.17) is 13.0 Å². The van der Waals surface area contributed by atoms with Crippen LogP contribution < -0.4 is 9.93 Å². The van der Waals surface area contributed by atoms with Gasteiger partial charge in [0.2, 0.25) is 11.0 Å². The highest BCUT2D eigenvalue weighted by Gasteiger charge is 2.36. The van der Waals surface area contributed by atoms with Gasteiger partial charge in [0.1, 0.15) is 7.05 Å². The maximum Gasteiger partial charge on any atom is 0.485 e. The van der Waals surface area contributed by atoms with Crippen LogP contribution >= 0.6 is 0 Å². The molecule has 124 valence electrons. The Morgan fingerprint density at radius 3 is 1.61 bits per heavy atom. The number of benzene rings is 1. The molecule has 0 radical (unpaired) electrons. The van der Waals surface area contributed by atoms with Crippen molar-refractivity contribution in [3.05, 3.63) is 72.1 Å². The summed E-state index contributed by atoms with van der Waals surface area (Å²) < 4.78 is 61.1. The normalized spacial score (nSPS) is 11.2. The fourth-order valence-electron chi connectivity index (χ4n) is 1.52. The first-order valence-corrected chi connectivity index (χ1v) is 7.73. The first-order chi connectivity index (χ1) is 10.6. The van der Waals surface area contributed by atoms with Crippen LogP contribution in [0.1, 0.15) is 0 Å². The zero-order chi connectivity index (χ0) is 17.5. The highest BCUT2D eigenvalue weighted by atomic mass is 32.2. The second kappa shape index (κ2) is 7.89. The maximum atomic E-state index is 10.7. The van der Waals surface area contributed by atoms with Gasteiger partial charge in [-0.2, -0.15) is 17.7 Å². The SMILES string of the molecule is C[N+](c1ccccc1)=c1cccccc1.O=S(=O)([O-])C(F)(F)F. The number of halogens is 3. The van der Waals surface area contributed by atoms with Gasteiger partial charge in [-0.25, -0.2) is 8.42 Å². The summed E-state index contributed by atoms with van der Waals surface area (Å²) in [5.74, 6) is 0. The molecule has 0 unspecified atom stereocenters. The molecule has 0 heterocycles. The van der Waals surface area contributed by atoms with Crippen LogP contribution in [-0.4, -0.2) is 25.5 Å². The predicted molar refractivity (Wildman–Crippen MR) is 79.5 cm³/mol. The molecular formula is C15H14F3NO3S. The van der Waals surface area contributed by atoms with Crippen LogP contribution in [0, 0.1) is 0 Å². The second-order valence-corrected chi connectivity index (χ2v) is 5.69. The molecule has 2 aromatic carbocycles. The average molecular weight is 345 g/mol. The summed E-state index contributed by atoms with van der Waals surface area (Å²) in [6.45, 7) is 0. The van der Waals surface area contributed by atoms with Crippen molar-refractivity contribution in [3.8, 4) is 0 Å². The van der Waals surface area contributed by atoms with Crippen molar-refractivity contribution in [2.24, 2.45) is 0 Å². The van der Waals surface area contributed by atoms with Crippen LogP contribution in [0.2, 0.25) is 0 Å². The molecular weight excluding hydrogens is 331 g/mol. The van der Waals surface area contributed by atoms with Gasteiger partial charge in [-0.1, -0.05) is 42.5 Å². The van der Waals surface area contributed by atoms with Crippen molar-refractivity contribution < 1.29 is 26.1 Å². The Bertz CT molecular complexity index is 782. The van der Waals surface area contributed by atoms with Crippen LogP contribution in [0.15, 0.2) is 66.7 Å². The van der Waals surface area contributed by atoms with E-state index in [-0.39, 0.29) is 0 Å². The number of hydrogen-bond acceptors (Lipinski definition) is 3. The fraction of sp³-hybridized carbons (Fsp3) is 0.133. The lowest BCUT2D eigenvalue weighted by Gasteiger charge is -2.08. The van der Waals surface area contributed by atoms with Gasteiger partial charge >= 0.3 is 5.51 Å². The molecule has 0 aliphatic rings. The molecule has 0 amide bonds. The summed E-state index contributed by atoms with van der Waals surface area (Å²) in [4.78, 5) is 0. The Balaban J connectivity index is 0.000000284. The van der Waals surface area contributed by atoms with Gasteiger partial charge in [0.05, 0.1) is 0 Å². The summed E-state index contributed by atoms with van der Waals surface area (Å²) in [6.07, 6.45) is 0. The highest BCUT2D eigenvalue weighted by Crippen LogP contribution is 2.20. The zero-order valence-electron chi connectivity index (χ0n) is 12.1. The Morgan fingerprint density at radius 1 is 0.870 bits per heavy atom. The molecule has 0 aliphatic heterocycles. The quantitative estimate of drug-likeness (QED) is 0.453. The molecule has 0 bridgehead atoms. The van der Waals surface area contributed by atoms with Gasteiger partial charge in [0.15, 0.2) is 10.1 Å². The Hall–Kier alpha value is -2.19. The molecule has 23 heavy (non-hydrogen) atoms. The van der Waals surface area contributed by atoms with Gasteiger partial charge in [-0.15, -0.1) is 0 Å². The third-order valence-corrected chi connectivity index (χ3v) is 3.25. The van der Waals surface area contributed by atoms with Gasteiger partial charge < -0.3 is 4.55 Å². The monoisotopic (exact) mass is 345 g/mol. The molecule has 4 nitrogen and oxygen atoms in total. The minimum absolute atomic E-state index is 1.19. The van der Waals surface area contributed by atoms with E-state index in [0.29, 0.717) is 0 Å². The van der Waals surface area contributed by atoms with Crippen LogP contribution in [0.3, 0.4) is 0 Å². The molecule has 0 N–H and O–H groups in total. The molecule has 0 atom stereocenters. The van der Waals surface area contributed by atoms with Gasteiger partial charge in [0, 0.05) is 24.3 Å². The standard InChI is InChI=1S/C14H14N.CHF3O3S/c1-15(14-11-7-4-8-12-14)13-9-5-2-3-6-10-13;2-1(3,4)8(5,6)7/h2-12H,1H3;(H,5,6,7)/q+1;/p-1. The van der Waals surface area contributed by atoms with Crippen molar-refractivity contribution >= 4 is 15.8 Å². The molecule has 0 saturated carbocycles. The van der Waals surface area contributed by atoms with Crippen LogP contribution in [0.5, 0.6) is 0 Å². The number of nitrogens with zero attached hydrogens (tertiary/aromatic N) is 1. The van der Waals surface area contributed by atoms with Crippen molar-refractivity contribution in [1.82, 2.24) is 4.58 Å². The lowest BCUT2D eigenvalue weighted by molar-refractivity contribution is -0.0517. The summed E-state index contributed by atoms with van der Waals surface area (Å²) >= 11 is 0. The first kappa shape index (κ1) is 18.9. The molecule has 8 heteroatoms. The van der Waals surface area contributed by atoms with Gasteiger partial charge in [-0.3, -0.25) is 0 Å². The number of rotatable bonds is 1. The van der Waals surface area contributed by atoms with Crippen molar-refractivity contribution in [2.45, 2.75) is 5.51 Å². The van der Waals surface area contributed by atoms with E-state index in [1.807, 2.05) is 18.2 Å². The molecule has 0 aliphatic carbocycles. The summed E-state index contributed by atoms with van der Waals surface area (Å²) in [7, 11) is -4.02. The zero-order valence-corrected chi connectivity index (χ0v) is 12.9. The Morgan fingerprint density at radius 2 is 1.22 bits per heavy atom. The van der Waals surface area contributed by atoms with E-state index in [2.05, 4.69) is 60.2 Å². The minimum atomic E-state index is -6.09. The first-order valence-electron chi connectivity index (χ1n) is 6.32. The van der Waals surface area contributed by atoms with Crippen LogP contribution in [0.25, 0.3) is 0 Å². The van der Waals surface area contributed by atoms with E-state index < -0.39 is 15.6 Å². The lowest BCUT2D eigenvalue weighted by Crippen LogP contribution is -2.21. The smallest absolute Gasteiger partial charge is 0.485 e. The maximum absolute atomic E-state index is 10.7. The summed E-state index contributed by atoms with van der Waals surface area (Å²) in [5.41, 5.74) is -4.45. The second-order valence-electron chi connectivity index (χ2n) is 4.32. The van der Waals surface area contributed by atoms with Crippen molar-refractivity contribution in [1.29, 1.82) is 0 Å². The summed E-state index contributed by atoms with van der Waals surface area (Å²) in [5, 5.41) is 1.19. The minimum Gasteiger partial charge on any atom is -0.741 e. The fourth-order valence-corrected chi connectivity index (χ4v) is 1.52.